The Hall–Kier alpha value is -0.900. The molecule has 0 radical (unpaired) electrons. The van der Waals surface area contributed by atoms with E-state index in [-0.39, 0.29) is 11.1 Å². The van der Waals surface area contributed by atoms with Gasteiger partial charge in [-0.2, -0.15) is 0 Å². The lowest BCUT2D eigenvalue weighted by Gasteiger charge is -2.13. The number of hydrogen-bond acceptors (Lipinski definition) is 1. The molecule has 0 saturated heterocycles. The van der Waals surface area contributed by atoms with Gasteiger partial charge in [-0.25, -0.2) is 4.39 Å². The molecule has 0 aliphatic carbocycles. The maximum Gasteiger partial charge on any atom is 0.142 e. The second-order valence-electron chi connectivity index (χ2n) is 3.70. The molecule has 1 unspecified atom stereocenters. The van der Waals surface area contributed by atoms with Crippen molar-refractivity contribution in [3.63, 3.8) is 0 Å². The molecule has 2 aromatic carbocycles. The summed E-state index contributed by atoms with van der Waals surface area (Å²) in [7, 11) is 0. The lowest BCUT2D eigenvalue weighted by Crippen LogP contribution is -2.11. The molecule has 0 spiro atoms. The van der Waals surface area contributed by atoms with Crippen LogP contribution >= 0.6 is 27.5 Å². The molecule has 0 aromatic heterocycles. The van der Waals surface area contributed by atoms with Crippen molar-refractivity contribution in [2.75, 3.05) is 0 Å². The first kappa shape index (κ1) is 12.6. The minimum Gasteiger partial charge on any atom is -0.320 e. The van der Waals surface area contributed by atoms with Gasteiger partial charge in [0.25, 0.3) is 0 Å². The van der Waals surface area contributed by atoms with Crippen LogP contribution in [0.3, 0.4) is 0 Å². The van der Waals surface area contributed by atoms with E-state index < -0.39 is 5.82 Å². The average molecular weight is 315 g/mol. The van der Waals surface area contributed by atoms with Crippen LogP contribution in [0.5, 0.6) is 0 Å². The summed E-state index contributed by atoms with van der Waals surface area (Å²) in [5.41, 5.74) is 7.69. The molecule has 88 valence electrons. The molecule has 17 heavy (non-hydrogen) atoms. The van der Waals surface area contributed by atoms with Crippen LogP contribution in [-0.4, -0.2) is 0 Å². The number of nitrogens with two attached hydrogens (primary N) is 1. The third kappa shape index (κ3) is 2.86. The van der Waals surface area contributed by atoms with E-state index in [9.17, 15) is 4.39 Å². The van der Waals surface area contributed by atoms with Gasteiger partial charge in [-0.05, 0) is 35.4 Å². The highest BCUT2D eigenvalue weighted by Gasteiger charge is 2.10. The van der Waals surface area contributed by atoms with Crippen LogP contribution in [0.1, 0.15) is 17.2 Å². The topological polar surface area (TPSA) is 26.0 Å². The van der Waals surface area contributed by atoms with Gasteiger partial charge >= 0.3 is 0 Å². The van der Waals surface area contributed by atoms with Crippen molar-refractivity contribution in [1.82, 2.24) is 0 Å². The molecule has 2 N–H and O–H groups in total. The molecule has 2 aromatic rings. The van der Waals surface area contributed by atoms with E-state index in [2.05, 4.69) is 15.9 Å². The van der Waals surface area contributed by atoms with E-state index in [1.807, 2.05) is 24.3 Å². The molecule has 0 aliphatic rings. The molecule has 0 aliphatic heterocycles. The van der Waals surface area contributed by atoms with Crippen molar-refractivity contribution >= 4 is 27.5 Å². The fourth-order valence-electron chi connectivity index (χ4n) is 1.57. The van der Waals surface area contributed by atoms with Gasteiger partial charge in [0.05, 0.1) is 11.1 Å². The first-order valence-electron chi connectivity index (χ1n) is 5.04. The summed E-state index contributed by atoms with van der Waals surface area (Å²) in [6.45, 7) is 0. The van der Waals surface area contributed by atoms with Gasteiger partial charge in [0.2, 0.25) is 0 Å². The molecular weight excluding hydrogens is 305 g/mol. The van der Waals surface area contributed by atoms with Crippen molar-refractivity contribution in [3.8, 4) is 0 Å². The average Bonchev–Trinajstić information content (AvgIpc) is 2.33. The van der Waals surface area contributed by atoms with E-state index in [4.69, 9.17) is 17.3 Å². The van der Waals surface area contributed by atoms with Crippen molar-refractivity contribution in [3.05, 3.63) is 68.9 Å². The Morgan fingerprint density at radius 2 is 1.65 bits per heavy atom. The molecule has 0 fully saturated rings. The van der Waals surface area contributed by atoms with Crippen LogP contribution in [-0.2, 0) is 0 Å². The zero-order chi connectivity index (χ0) is 12.4. The Morgan fingerprint density at radius 3 is 2.24 bits per heavy atom. The van der Waals surface area contributed by atoms with E-state index in [1.165, 1.54) is 12.1 Å². The maximum absolute atomic E-state index is 13.3. The zero-order valence-corrected chi connectivity index (χ0v) is 11.2. The van der Waals surface area contributed by atoms with Crippen molar-refractivity contribution in [1.29, 1.82) is 0 Å². The summed E-state index contributed by atoms with van der Waals surface area (Å²) in [6.07, 6.45) is 0. The molecule has 1 atom stereocenters. The van der Waals surface area contributed by atoms with Crippen LogP contribution in [0.2, 0.25) is 5.02 Å². The van der Waals surface area contributed by atoms with E-state index in [1.54, 1.807) is 6.07 Å². The highest BCUT2D eigenvalue weighted by Crippen LogP contribution is 2.24. The van der Waals surface area contributed by atoms with Crippen LogP contribution in [0, 0.1) is 5.82 Å². The normalized spacial score (nSPS) is 12.5. The largest absolute Gasteiger partial charge is 0.320 e. The first-order chi connectivity index (χ1) is 8.08. The molecular formula is C13H10BrClFN. The first-order valence-corrected chi connectivity index (χ1v) is 6.21. The smallest absolute Gasteiger partial charge is 0.142 e. The summed E-state index contributed by atoms with van der Waals surface area (Å²) in [5.74, 6) is -0.447. The SMILES string of the molecule is NC(c1ccc(Br)cc1)c1ccc(Cl)c(F)c1. The summed E-state index contributed by atoms with van der Waals surface area (Å²) >= 11 is 8.98. The fraction of sp³-hybridized carbons (Fsp3) is 0.0769. The molecule has 0 amide bonds. The minimum atomic E-state index is -0.447. The van der Waals surface area contributed by atoms with Crippen molar-refractivity contribution in [2.24, 2.45) is 5.73 Å². The maximum atomic E-state index is 13.3. The van der Waals surface area contributed by atoms with Gasteiger partial charge in [-0.15, -0.1) is 0 Å². The van der Waals surface area contributed by atoms with E-state index >= 15 is 0 Å². The monoisotopic (exact) mass is 313 g/mol. The molecule has 1 nitrogen and oxygen atoms in total. The number of hydrogen-bond donors (Lipinski definition) is 1. The van der Waals surface area contributed by atoms with E-state index in [0.717, 1.165) is 10.0 Å². The Kier molecular flexibility index (Phi) is 3.82. The van der Waals surface area contributed by atoms with Gasteiger partial charge < -0.3 is 5.73 Å². The molecule has 0 saturated carbocycles. The second-order valence-corrected chi connectivity index (χ2v) is 5.03. The van der Waals surface area contributed by atoms with Crippen molar-refractivity contribution < 1.29 is 4.39 Å². The van der Waals surface area contributed by atoms with Crippen LogP contribution < -0.4 is 5.73 Å². The Balaban J connectivity index is 2.33. The summed E-state index contributed by atoms with van der Waals surface area (Å²) in [4.78, 5) is 0. The number of benzene rings is 2. The van der Waals surface area contributed by atoms with Gasteiger partial charge in [0.1, 0.15) is 5.82 Å². The Bertz CT molecular complexity index is 527. The third-order valence-corrected chi connectivity index (χ3v) is 3.37. The van der Waals surface area contributed by atoms with Crippen LogP contribution in [0.25, 0.3) is 0 Å². The third-order valence-electron chi connectivity index (χ3n) is 2.53. The number of halogens is 3. The summed E-state index contributed by atoms with van der Waals surface area (Å²) < 4.78 is 14.3. The second kappa shape index (κ2) is 5.17. The summed E-state index contributed by atoms with van der Waals surface area (Å²) in [5, 5.41) is 0.108. The highest BCUT2D eigenvalue weighted by molar-refractivity contribution is 9.10. The minimum absolute atomic E-state index is 0.108. The molecule has 0 bridgehead atoms. The lowest BCUT2D eigenvalue weighted by atomic mass is 10.00. The van der Waals surface area contributed by atoms with Gasteiger partial charge in [-0.3, -0.25) is 0 Å². The van der Waals surface area contributed by atoms with Crippen molar-refractivity contribution in [2.45, 2.75) is 6.04 Å². The Morgan fingerprint density at radius 1 is 1.06 bits per heavy atom. The molecule has 2 rings (SSSR count). The quantitative estimate of drug-likeness (QED) is 0.879. The van der Waals surface area contributed by atoms with Gasteiger partial charge in [-0.1, -0.05) is 45.7 Å². The number of rotatable bonds is 2. The predicted molar refractivity (Wildman–Crippen MR) is 71.6 cm³/mol. The van der Waals surface area contributed by atoms with Crippen LogP contribution in [0.4, 0.5) is 4.39 Å². The summed E-state index contributed by atoms with van der Waals surface area (Å²) in [6, 6.07) is 11.9. The fourth-order valence-corrected chi connectivity index (χ4v) is 1.95. The molecule has 4 heteroatoms. The standard InChI is InChI=1S/C13H10BrClFN/c14-10-4-1-8(2-5-10)13(17)9-3-6-11(15)12(16)7-9/h1-7,13H,17H2. The zero-order valence-electron chi connectivity index (χ0n) is 8.83. The highest BCUT2D eigenvalue weighted by atomic mass is 79.9. The predicted octanol–water partition coefficient (Wildman–Crippen LogP) is 4.29. The Labute approximate surface area is 113 Å². The van der Waals surface area contributed by atoms with Gasteiger partial charge in [0, 0.05) is 4.47 Å². The molecule has 0 heterocycles. The van der Waals surface area contributed by atoms with E-state index in [0.29, 0.717) is 5.56 Å². The lowest BCUT2D eigenvalue weighted by molar-refractivity contribution is 0.624. The van der Waals surface area contributed by atoms with Gasteiger partial charge in [0.15, 0.2) is 0 Å². The van der Waals surface area contributed by atoms with Crippen LogP contribution in [0.15, 0.2) is 46.9 Å².